The van der Waals surface area contributed by atoms with E-state index in [0.717, 1.165) is 44.8 Å². The van der Waals surface area contributed by atoms with E-state index in [2.05, 4.69) is 159 Å². The van der Waals surface area contributed by atoms with E-state index >= 15 is 0 Å². The molecule has 0 aromatic heterocycles. The summed E-state index contributed by atoms with van der Waals surface area (Å²) in [7, 11) is 0. The molecule has 0 bridgehead atoms. The molecule has 10 rings (SSSR count). The van der Waals surface area contributed by atoms with Gasteiger partial charge >= 0.3 is 0 Å². The van der Waals surface area contributed by atoms with Crippen LogP contribution < -0.4 is 5.32 Å². The number of hydrogen-bond acceptors (Lipinski definition) is 4. The molecule has 0 fully saturated rings. The van der Waals surface area contributed by atoms with Gasteiger partial charge in [0.15, 0.2) is 5.84 Å². The lowest BCUT2D eigenvalue weighted by molar-refractivity contribution is 0.660. The molecule has 4 heteroatoms. The van der Waals surface area contributed by atoms with E-state index in [1.165, 1.54) is 49.7 Å². The van der Waals surface area contributed by atoms with Gasteiger partial charge in [0.1, 0.15) is 12.0 Å². The van der Waals surface area contributed by atoms with Crippen LogP contribution in [0.4, 0.5) is 0 Å². The molecule has 0 spiro atoms. The summed E-state index contributed by atoms with van der Waals surface area (Å²) in [5.41, 5.74) is 15.4. The van der Waals surface area contributed by atoms with Gasteiger partial charge in [-0.2, -0.15) is 5.26 Å². The van der Waals surface area contributed by atoms with Crippen molar-refractivity contribution in [2.75, 3.05) is 0 Å². The van der Waals surface area contributed by atoms with Crippen LogP contribution in [0, 0.1) is 11.3 Å². The molecule has 0 saturated carbocycles. The highest BCUT2D eigenvalue weighted by Crippen LogP contribution is 2.50. The monoisotopic (exact) mass is 730 g/mol. The first-order chi connectivity index (χ1) is 27.9. The topological polar surface area (TPSA) is 60.5 Å². The van der Waals surface area contributed by atoms with Crippen LogP contribution in [-0.4, -0.2) is 11.7 Å². The second-order valence-corrected chi connectivity index (χ2v) is 15.4. The van der Waals surface area contributed by atoms with Crippen molar-refractivity contribution < 1.29 is 0 Å². The molecule has 8 aromatic rings. The number of aliphatic imine (C=N–C) groups is 2. The van der Waals surface area contributed by atoms with Gasteiger partial charge in [-0.3, -0.25) is 0 Å². The van der Waals surface area contributed by atoms with Crippen molar-refractivity contribution in [3.8, 4) is 50.6 Å². The molecule has 2 aliphatic rings. The third-order valence-corrected chi connectivity index (χ3v) is 11.6. The zero-order valence-electron chi connectivity index (χ0n) is 31.7. The molecule has 1 atom stereocenters. The van der Waals surface area contributed by atoms with E-state index in [1.807, 2.05) is 48.5 Å². The molecular formula is C53H38N4. The third-order valence-electron chi connectivity index (χ3n) is 11.6. The lowest BCUT2D eigenvalue weighted by Crippen LogP contribution is -2.33. The van der Waals surface area contributed by atoms with Gasteiger partial charge < -0.3 is 5.32 Å². The van der Waals surface area contributed by atoms with Crippen LogP contribution in [0.25, 0.3) is 55.3 Å². The molecule has 0 amide bonds. The number of rotatable bonds is 6. The molecule has 1 unspecified atom stereocenters. The Kier molecular flexibility index (Phi) is 8.24. The molecular weight excluding hydrogens is 693 g/mol. The van der Waals surface area contributed by atoms with Gasteiger partial charge in [-0.15, -0.1) is 0 Å². The van der Waals surface area contributed by atoms with Crippen molar-refractivity contribution in [1.29, 1.82) is 5.26 Å². The first kappa shape index (κ1) is 34.2. The summed E-state index contributed by atoms with van der Waals surface area (Å²) in [6.07, 6.45) is -0.232. The molecule has 1 heterocycles. The zero-order valence-corrected chi connectivity index (χ0v) is 31.7. The maximum Gasteiger partial charge on any atom is 0.159 e. The average Bonchev–Trinajstić information content (AvgIpc) is 3.51. The number of nitriles is 1. The number of nitrogens with one attached hydrogen (secondary N) is 1. The minimum atomic E-state index is -0.232. The van der Waals surface area contributed by atoms with E-state index in [9.17, 15) is 5.26 Å². The van der Waals surface area contributed by atoms with Gasteiger partial charge in [-0.25, -0.2) is 9.98 Å². The normalized spacial score (nSPS) is 15.1. The summed E-state index contributed by atoms with van der Waals surface area (Å²) in [5.74, 6) is 1.52. The Labute approximate surface area is 333 Å². The molecule has 0 radical (unpaired) electrons. The van der Waals surface area contributed by atoms with Crippen LogP contribution >= 0.6 is 0 Å². The predicted molar refractivity (Wildman–Crippen MR) is 234 cm³/mol. The SMILES string of the molecule is CC1(C)c2cc(-c3ccc(-c4ccc5ccc(-c6ccc(C7=NC(c8ccccc8)NC(c8ccccc8)=N7)cc6)cc5c4)cc3)ccc2-c2c(C#N)cccc21. The van der Waals surface area contributed by atoms with E-state index in [1.54, 1.807) is 0 Å². The van der Waals surface area contributed by atoms with Crippen LogP contribution in [-0.2, 0) is 5.41 Å². The van der Waals surface area contributed by atoms with Gasteiger partial charge in [0.05, 0.1) is 11.6 Å². The van der Waals surface area contributed by atoms with Gasteiger partial charge in [0.25, 0.3) is 0 Å². The number of hydrogen-bond donors (Lipinski definition) is 1. The second kappa shape index (κ2) is 13.7. The summed E-state index contributed by atoms with van der Waals surface area (Å²) in [6.45, 7) is 4.52. The summed E-state index contributed by atoms with van der Waals surface area (Å²) >= 11 is 0. The Morgan fingerprint density at radius 1 is 0.509 bits per heavy atom. The fourth-order valence-electron chi connectivity index (χ4n) is 8.46. The van der Waals surface area contributed by atoms with E-state index in [4.69, 9.17) is 9.98 Å². The van der Waals surface area contributed by atoms with Crippen LogP contribution in [0.5, 0.6) is 0 Å². The number of nitrogens with zero attached hydrogens (tertiary/aromatic N) is 3. The number of fused-ring (bicyclic) bond motifs is 4. The smallest absolute Gasteiger partial charge is 0.159 e. The van der Waals surface area contributed by atoms with Gasteiger partial charge in [0.2, 0.25) is 0 Å². The molecule has 1 N–H and O–H groups in total. The van der Waals surface area contributed by atoms with Gasteiger partial charge in [-0.05, 0) is 90.7 Å². The third kappa shape index (κ3) is 6.11. The summed E-state index contributed by atoms with van der Waals surface area (Å²) in [4.78, 5) is 10.0. The highest BCUT2D eigenvalue weighted by atomic mass is 15.2. The second-order valence-electron chi connectivity index (χ2n) is 15.4. The van der Waals surface area contributed by atoms with Crippen LogP contribution in [0.3, 0.4) is 0 Å². The maximum atomic E-state index is 9.84. The Hall–Kier alpha value is -7.35. The first-order valence-electron chi connectivity index (χ1n) is 19.4. The molecule has 1 aliphatic heterocycles. The predicted octanol–water partition coefficient (Wildman–Crippen LogP) is 12.5. The van der Waals surface area contributed by atoms with Crippen molar-refractivity contribution in [3.63, 3.8) is 0 Å². The van der Waals surface area contributed by atoms with Crippen molar-refractivity contribution in [2.24, 2.45) is 9.98 Å². The van der Waals surface area contributed by atoms with E-state index in [-0.39, 0.29) is 11.6 Å². The minimum absolute atomic E-state index is 0.172. The van der Waals surface area contributed by atoms with E-state index < -0.39 is 0 Å². The standard InChI is InChI=1S/C53H38N4/c1-53(2)47-15-9-14-44(33-54)49(47)46-29-28-43(32-48(46)53)36-18-16-34(17-19-36)41-26-22-37-23-27-42(31-45(37)30-41)35-20-24-40(25-21-35)52-56-50(38-10-5-3-6-11-38)55-51(57-52)39-12-7-4-8-13-39/h3-32,50H,1-2H3,(H,55,56,57). The van der Waals surface area contributed by atoms with Crippen molar-refractivity contribution in [1.82, 2.24) is 5.32 Å². The fraction of sp³-hybridized carbons (Fsp3) is 0.0755. The Balaban J connectivity index is 0.916. The summed E-state index contributed by atoms with van der Waals surface area (Å²) < 4.78 is 0. The summed E-state index contributed by atoms with van der Waals surface area (Å²) in [5, 5.41) is 15.8. The lowest BCUT2D eigenvalue weighted by atomic mass is 9.81. The van der Waals surface area contributed by atoms with Crippen molar-refractivity contribution in [3.05, 3.63) is 215 Å². The molecule has 1 aliphatic carbocycles. The van der Waals surface area contributed by atoms with Crippen LogP contribution in [0.2, 0.25) is 0 Å². The lowest BCUT2D eigenvalue weighted by Gasteiger charge is -2.23. The molecule has 8 aromatic carbocycles. The minimum Gasteiger partial charge on any atom is -0.344 e. The van der Waals surface area contributed by atoms with Gasteiger partial charge in [0, 0.05) is 22.1 Å². The van der Waals surface area contributed by atoms with Crippen LogP contribution in [0.15, 0.2) is 192 Å². The first-order valence-corrected chi connectivity index (χ1v) is 19.4. The van der Waals surface area contributed by atoms with Gasteiger partial charge in [-0.1, -0.05) is 172 Å². The van der Waals surface area contributed by atoms with Crippen LogP contribution in [0.1, 0.15) is 53.4 Å². The Morgan fingerprint density at radius 3 is 1.70 bits per heavy atom. The van der Waals surface area contributed by atoms with Crippen molar-refractivity contribution >= 4 is 22.4 Å². The number of amidine groups is 2. The largest absolute Gasteiger partial charge is 0.344 e. The molecule has 4 nitrogen and oxygen atoms in total. The Bertz CT molecular complexity index is 2930. The number of benzene rings is 8. The maximum absolute atomic E-state index is 9.84. The summed E-state index contributed by atoms with van der Waals surface area (Å²) in [6, 6.07) is 66.6. The molecule has 57 heavy (non-hydrogen) atoms. The molecule has 0 saturated heterocycles. The van der Waals surface area contributed by atoms with Crippen molar-refractivity contribution in [2.45, 2.75) is 25.4 Å². The zero-order chi connectivity index (χ0) is 38.5. The Morgan fingerprint density at radius 2 is 1.07 bits per heavy atom. The quantitative estimate of drug-likeness (QED) is 0.185. The highest BCUT2D eigenvalue weighted by Gasteiger charge is 2.37. The average molecular weight is 731 g/mol. The molecule has 270 valence electrons. The highest BCUT2D eigenvalue weighted by molar-refractivity contribution is 6.13. The fourth-order valence-corrected chi connectivity index (χ4v) is 8.46. The van der Waals surface area contributed by atoms with E-state index in [0.29, 0.717) is 5.84 Å².